The first-order valence-electron chi connectivity index (χ1n) is 12.6. The molecule has 10 nitrogen and oxygen atoms in total. The molecule has 38 heavy (non-hydrogen) atoms. The summed E-state index contributed by atoms with van der Waals surface area (Å²) in [5, 5.41) is 9.63. The van der Waals surface area contributed by atoms with E-state index in [1.54, 1.807) is 29.1 Å². The van der Waals surface area contributed by atoms with Crippen LogP contribution in [0, 0.1) is 0 Å². The van der Waals surface area contributed by atoms with Crippen LogP contribution in [0.3, 0.4) is 0 Å². The lowest BCUT2D eigenvalue weighted by atomic mass is 10.0. The lowest BCUT2D eigenvalue weighted by molar-refractivity contribution is -0.136. The van der Waals surface area contributed by atoms with Crippen LogP contribution in [0.1, 0.15) is 69.6 Å². The van der Waals surface area contributed by atoms with Crippen LogP contribution in [-0.2, 0) is 9.59 Å². The molecule has 3 aromatic rings. The number of piperidine rings is 1. The van der Waals surface area contributed by atoms with Crippen molar-refractivity contribution in [1.82, 2.24) is 20.0 Å². The van der Waals surface area contributed by atoms with Gasteiger partial charge in [0, 0.05) is 43.0 Å². The van der Waals surface area contributed by atoms with E-state index < -0.39 is 29.7 Å². The average Bonchev–Trinajstić information content (AvgIpc) is 3.54. The van der Waals surface area contributed by atoms with Crippen molar-refractivity contribution in [2.75, 3.05) is 11.9 Å². The Labute approximate surface area is 219 Å². The number of ketones is 1. The second-order valence-corrected chi connectivity index (χ2v) is 9.37. The van der Waals surface area contributed by atoms with E-state index in [0.717, 1.165) is 29.8 Å². The summed E-state index contributed by atoms with van der Waals surface area (Å²) in [4.78, 5) is 62.8. The number of nitrogens with zero attached hydrogens (tertiary/aromatic N) is 3. The predicted molar refractivity (Wildman–Crippen MR) is 138 cm³/mol. The molecule has 2 aliphatic rings. The molecule has 0 spiro atoms. The number of rotatable bonds is 10. The number of amides is 4. The maximum Gasteiger partial charge on any atom is 0.262 e. The molecule has 5 rings (SSSR count). The molecule has 1 saturated heterocycles. The van der Waals surface area contributed by atoms with Crippen molar-refractivity contribution >= 4 is 35.1 Å². The van der Waals surface area contributed by atoms with Gasteiger partial charge in [-0.25, -0.2) is 4.68 Å². The minimum absolute atomic E-state index is 0.0839. The molecular weight excluding hydrogens is 486 g/mol. The standard InChI is InChI=1S/C28H27N5O5/c34-24(18-6-9-20(10-7-18)32-16-4-15-30-32)5-2-1-3-14-29-19-8-11-21-22(17-19)28(38)33(27(21)37)23-12-13-25(35)31-26(23)36/h4,6-11,15-17,23,29H,1-3,5,12-14H2,(H,31,35,36). The fourth-order valence-electron chi connectivity index (χ4n) is 4.77. The molecule has 0 bridgehead atoms. The first-order valence-corrected chi connectivity index (χ1v) is 12.6. The molecule has 1 atom stereocenters. The van der Waals surface area contributed by atoms with E-state index in [4.69, 9.17) is 0 Å². The van der Waals surface area contributed by atoms with Gasteiger partial charge in [0.15, 0.2) is 5.78 Å². The van der Waals surface area contributed by atoms with Gasteiger partial charge in [-0.1, -0.05) is 6.42 Å². The fraction of sp³-hybridized carbons (Fsp3) is 0.286. The normalized spacial score (nSPS) is 16.9. The quantitative estimate of drug-likeness (QED) is 0.242. The Kier molecular flexibility index (Phi) is 7.12. The minimum atomic E-state index is -0.978. The van der Waals surface area contributed by atoms with Crippen LogP contribution < -0.4 is 10.6 Å². The number of hydrogen-bond acceptors (Lipinski definition) is 7. The van der Waals surface area contributed by atoms with Gasteiger partial charge in [-0.3, -0.25) is 34.2 Å². The van der Waals surface area contributed by atoms with Crippen LogP contribution in [0.25, 0.3) is 5.69 Å². The third kappa shape index (κ3) is 5.10. The number of nitrogens with one attached hydrogen (secondary N) is 2. The first kappa shape index (κ1) is 25.1. The molecule has 4 amide bonds. The lowest BCUT2D eigenvalue weighted by Gasteiger charge is -2.27. The Balaban J connectivity index is 1.07. The van der Waals surface area contributed by atoms with Crippen molar-refractivity contribution in [3.8, 4) is 5.69 Å². The molecular formula is C28H27N5O5. The maximum absolute atomic E-state index is 12.9. The summed E-state index contributed by atoms with van der Waals surface area (Å²) in [5.41, 5.74) is 2.78. The van der Waals surface area contributed by atoms with E-state index in [1.807, 2.05) is 36.5 Å². The number of fused-ring (bicyclic) bond motifs is 1. The van der Waals surface area contributed by atoms with Gasteiger partial charge in [-0.2, -0.15) is 5.10 Å². The van der Waals surface area contributed by atoms with Gasteiger partial charge in [-0.15, -0.1) is 0 Å². The predicted octanol–water partition coefficient (Wildman–Crippen LogP) is 3.13. The van der Waals surface area contributed by atoms with Crippen molar-refractivity contribution in [1.29, 1.82) is 0 Å². The first-order chi connectivity index (χ1) is 18.4. The van der Waals surface area contributed by atoms with Crippen LogP contribution in [-0.4, -0.2) is 56.7 Å². The summed E-state index contributed by atoms with van der Waals surface area (Å²) in [6.07, 6.45) is 6.68. The highest BCUT2D eigenvalue weighted by molar-refractivity contribution is 6.23. The number of carbonyl (C=O) groups excluding carboxylic acids is 5. The number of aromatic nitrogens is 2. The van der Waals surface area contributed by atoms with Gasteiger partial charge in [0.25, 0.3) is 11.8 Å². The fourth-order valence-corrected chi connectivity index (χ4v) is 4.77. The molecule has 0 radical (unpaired) electrons. The molecule has 0 saturated carbocycles. The highest BCUT2D eigenvalue weighted by Crippen LogP contribution is 2.29. The van der Waals surface area contributed by atoms with Crippen LogP contribution in [0.2, 0.25) is 0 Å². The van der Waals surface area contributed by atoms with E-state index in [0.29, 0.717) is 24.2 Å². The highest BCUT2D eigenvalue weighted by Gasteiger charge is 2.44. The number of carbonyl (C=O) groups is 5. The molecule has 2 aliphatic heterocycles. The smallest absolute Gasteiger partial charge is 0.262 e. The van der Waals surface area contributed by atoms with Crippen molar-refractivity contribution in [2.24, 2.45) is 0 Å². The van der Waals surface area contributed by atoms with Gasteiger partial charge in [-0.05, 0) is 67.8 Å². The zero-order valence-corrected chi connectivity index (χ0v) is 20.7. The van der Waals surface area contributed by atoms with Crippen LogP contribution in [0.4, 0.5) is 5.69 Å². The second-order valence-electron chi connectivity index (χ2n) is 9.37. The number of unbranched alkanes of at least 4 members (excludes halogenated alkanes) is 2. The van der Waals surface area contributed by atoms with Gasteiger partial charge in [0.1, 0.15) is 6.04 Å². The number of Topliss-reactive ketones (excluding diaryl/α,β-unsaturated/α-hetero) is 1. The summed E-state index contributed by atoms with van der Waals surface area (Å²) in [6, 6.07) is 13.2. The Morgan fingerprint density at radius 1 is 0.974 bits per heavy atom. The third-order valence-electron chi connectivity index (χ3n) is 6.81. The second kappa shape index (κ2) is 10.8. The Morgan fingerprint density at radius 3 is 2.50 bits per heavy atom. The molecule has 10 heteroatoms. The van der Waals surface area contributed by atoms with Crippen molar-refractivity contribution in [3.63, 3.8) is 0 Å². The molecule has 194 valence electrons. The zero-order valence-electron chi connectivity index (χ0n) is 20.7. The Morgan fingerprint density at radius 2 is 1.76 bits per heavy atom. The molecule has 3 heterocycles. The van der Waals surface area contributed by atoms with E-state index in [1.165, 1.54) is 0 Å². The molecule has 2 N–H and O–H groups in total. The van der Waals surface area contributed by atoms with E-state index in [-0.39, 0.29) is 29.8 Å². The molecule has 1 aromatic heterocycles. The monoisotopic (exact) mass is 513 g/mol. The van der Waals surface area contributed by atoms with Gasteiger partial charge >= 0.3 is 0 Å². The van der Waals surface area contributed by atoms with E-state index in [9.17, 15) is 24.0 Å². The summed E-state index contributed by atoms with van der Waals surface area (Å²) in [5.74, 6) is -1.98. The van der Waals surface area contributed by atoms with Gasteiger partial charge in [0.05, 0.1) is 16.8 Å². The van der Waals surface area contributed by atoms with Gasteiger partial charge in [0.2, 0.25) is 11.8 Å². The molecule has 1 fully saturated rings. The number of hydrogen-bond donors (Lipinski definition) is 2. The summed E-state index contributed by atoms with van der Waals surface area (Å²) in [6.45, 7) is 0.643. The SMILES string of the molecule is O=C1CCC(N2C(=O)c3ccc(NCCCCCC(=O)c4ccc(-n5cccn5)cc4)cc3C2=O)C(=O)N1. The minimum Gasteiger partial charge on any atom is -0.385 e. The van der Waals surface area contributed by atoms with Gasteiger partial charge < -0.3 is 5.32 Å². The topological polar surface area (TPSA) is 130 Å². The largest absolute Gasteiger partial charge is 0.385 e. The van der Waals surface area contributed by atoms with Crippen molar-refractivity contribution in [3.05, 3.63) is 77.6 Å². The number of imide groups is 2. The van der Waals surface area contributed by atoms with Crippen molar-refractivity contribution in [2.45, 2.75) is 44.6 Å². The molecule has 0 aliphatic carbocycles. The van der Waals surface area contributed by atoms with E-state index >= 15 is 0 Å². The van der Waals surface area contributed by atoms with Crippen LogP contribution in [0.15, 0.2) is 60.9 Å². The third-order valence-corrected chi connectivity index (χ3v) is 6.81. The number of benzene rings is 2. The molecule has 2 aromatic carbocycles. The Bertz CT molecular complexity index is 1400. The molecule has 1 unspecified atom stereocenters. The van der Waals surface area contributed by atoms with E-state index in [2.05, 4.69) is 15.7 Å². The highest BCUT2D eigenvalue weighted by atomic mass is 16.2. The average molecular weight is 514 g/mol. The van der Waals surface area contributed by atoms with Crippen LogP contribution in [0.5, 0.6) is 0 Å². The van der Waals surface area contributed by atoms with Crippen LogP contribution >= 0.6 is 0 Å². The maximum atomic E-state index is 12.9. The summed E-state index contributed by atoms with van der Waals surface area (Å²) >= 11 is 0. The van der Waals surface area contributed by atoms with Crippen molar-refractivity contribution < 1.29 is 24.0 Å². The summed E-state index contributed by atoms with van der Waals surface area (Å²) in [7, 11) is 0. The Hall–Kier alpha value is -4.60. The zero-order chi connectivity index (χ0) is 26.6. The lowest BCUT2D eigenvalue weighted by Crippen LogP contribution is -2.54. The number of anilines is 1. The summed E-state index contributed by atoms with van der Waals surface area (Å²) < 4.78 is 1.74.